The van der Waals surface area contributed by atoms with Crippen LogP contribution in [0.1, 0.15) is 93.0 Å². The van der Waals surface area contributed by atoms with Crippen LogP contribution in [0.25, 0.3) is 0 Å². The fourth-order valence-corrected chi connectivity index (χ4v) is 7.34. The number of nitrogens with one attached hydrogen (secondary N) is 2. The maximum Gasteiger partial charge on any atom is 0.255 e. The molecule has 34 heavy (non-hydrogen) atoms. The molecule has 2 heterocycles. The number of thioether (sulfide) groups is 1. The number of rotatable bonds is 11. The minimum Gasteiger partial charge on any atom is -0.374 e. The Hall–Kier alpha value is -1.57. The van der Waals surface area contributed by atoms with Gasteiger partial charge < -0.3 is 20.6 Å². The van der Waals surface area contributed by atoms with E-state index < -0.39 is 12.3 Å². The SMILES string of the molecule is O=C1NC(O)CCC1N1Cc2c(SCCCCCCCNC3CC4(CCC4)C3)cccc2C1=O. The van der Waals surface area contributed by atoms with Gasteiger partial charge in [-0.25, -0.2) is 0 Å². The third kappa shape index (κ3) is 5.17. The average Bonchev–Trinajstić information content (AvgIpc) is 3.09. The number of amides is 2. The van der Waals surface area contributed by atoms with E-state index in [0.29, 0.717) is 19.4 Å². The zero-order chi connectivity index (χ0) is 23.5. The second-order valence-electron chi connectivity index (χ2n) is 10.9. The Morgan fingerprint density at radius 3 is 2.65 bits per heavy atom. The molecule has 1 aromatic carbocycles. The van der Waals surface area contributed by atoms with Crippen molar-refractivity contribution in [1.82, 2.24) is 15.5 Å². The number of unbranched alkanes of at least 4 members (excludes halogenated alkanes) is 4. The Morgan fingerprint density at radius 2 is 1.88 bits per heavy atom. The van der Waals surface area contributed by atoms with E-state index in [-0.39, 0.29) is 11.8 Å². The summed E-state index contributed by atoms with van der Waals surface area (Å²) in [6, 6.07) is 6.24. The van der Waals surface area contributed by atoms with E-state index in [1.165, 1.54) is 75.6 Å². The summed E-state index contributed by atoms with van der Waals surface area (Å²) in [4.78, 5) is 28.1. The van der Waals surface area contributed by atoms with Crippen LogP contribution in [0, 0.1) is 5.41 Å². The number of fused-ring (bicyclic) bond motifs is 1. The van der Waals surface area contributed by atoms with Crippen molar-refractivity contribution < 1.29 is 14.7 Å². The number of carbonyl (C=O) groups is 2. The molecule has 5 rings (SSSR count). The molecule has 3 N–H and O–H groups in total. The lowest BCUT2D eigenvalue weighted by Crippen LogP contribution is -2.54. The maximum atomic E-state index is 13.0. The summed E-state index contributed by atoms with van der Waals surface area (Å²) in [5.74, 6) is 0.745. The second kappa shape index (κ2) is 10.6. The number of hydrogen-bond donors (Lipinski definition) is 3. The van der Waals surface area contributed by atoms with Crippen molar-refractivity contribution in [3.05, 3.63) is 29.3 Å². The third-order valence-electron chi connectivity index (χ3n) is 8.44. The average molecular weight is 486 g/mol. The first kappa shape index (κ1) is 24.1. The van der Waals surface area contributed by atoms with E-state index in [1.807, 2.05) is 23.9 Å². The summed E-state index contributed by atoms with van der Waals surface area (Å²) in [6.45, 7) is 1.66. The molecule has 1 saturated heterocycles. The normalized spacial score (nSPS) is 25.7. The molecule has 0 bridgehead atoms. The summed E-state index contributed by atoms with van der Waals surface area (Å²) in [5, 5.41) is 16.0. The van der Waals surface area contributed by atoms with Gasteiger partial charge in [-0.2, -0.15) is 0 Å². The molecule has 7 heteroatoms. The molecule has 0 aromatic heterocycles. The Balaban J connectivity index is 0.983. The van der Waals surface area contributed by atoms with E-state index >= 15 is 0 Å². The second-order valence-corrected chi connectivity index (χ2v) is 12.0. The third-order valence-corrected chi connectivity index (χ3v) is 9.63. The summed E-state index contributed by atoms with van der Waals surface area (Å²) in [7, 11) is 0. The van der Waals surface area contributed by atoms with Crippen molar-refractivity contribution in [2.45, 2.75) is 107 Å². The largest absolute Gasteiger partial charge is 0.374 e. The van der Waals surface area contributed by atoms with E-state index in [2.05, 4.69) is 16.7 Å². The fraction of sp³-hybridized carbons (Fsp3) is 0.704. The molecule has 2 amide bonds. The van der Waals surface area contributed by atoms with Crippen LogP contribution in [0.2, 0.25) is 0 Å². The molecule has 2 unspecified atom stereocenters. The van der Waals surface area contributed by atoms with Crippen molar-refractivity contribution in [2.24, 2.45) is 5.41 Å². The highest BCUT2D eigenvalue weighted by atomic mass is 32.2. The van der Waals surface area contributed by atoms with Gasteiger partial charge in [-0.15, -0.1) is 11.8 Å². The van der Waals surface area contributed by atoms with Gasteiger partial charge in [-0.1, -0.05) is 31.7 Å². The van der Waals surface area contributed by atoms with Crippen LogP contribution in [0.4, 0.5) is 0 Å². The molecule has 2 aliphatic heterocycles. The highest BCUT2D eigenvalue weighted by Crippen LogP contribution is 2.55. The van der Waals surface area contributed by atoms with Crippen molar-refractivity contribution >= 4 is 23.6 Å². The van der Waals surface area contributed by atoms with Crippen molar-refractivity contribution in [3.63, 3.8) is 0 Å². The summed E-state index contributed by atoms with van der Waals surface area (Å²) in [5.41, 5.74) is 2.56. The van der Waals surface area contributed by atoms with E-state index in [9.17, 15) is 14.7 Å². The Labute approximate surface area is 207 Å². The number of benzene rings is 1. The lowest BCUT2D eigenvalue weighted by atomic mass is 9.54. The first-order chi connectivity index (χ1) is 16.5. The lowest BCUT2D eigenvalue weighted by Gasteiger charge is -2.54. The molecule has 3 fully saturated rings. The molecule has 0 radical (unpaired) electrons. The standard InChI is InChI=1S/C27H39N3O3S/c31-24-11-10-22(25(32)29-24)30-18-21-20(26(30)33)8-6-9-23(21)34-15-5-3-1-2-4-14-28-19-16-27(17-19)12-7-13-27/h6,8-9,19,22,24,28,31H,1-5,7,10-18H2,(H,29,32). The van der Waals surface area contributed by atoms with Crippen LogP contribution in [0.15, 0.2) is 23.1 Å². The monoisotopic (exact) mass is 485 g/mol. The quantitative estimate of drug-likeness (QED) is 0.323. The number of aliphatic hydroxyl groups excluding tert-OH is 1. The molecule has 1 spiro atoms. The highest BCUT2D eigenvalue weighted by Gasteiger charge is 2.47. The minimum atomic E-state index is -0.798. The molecular weight excluding hydrogens is 446 g/mol. The molecule has 6 nitrogen and oxygen atoms in total. The molecule has 2 saturated carbocycles. The first-order valence-corrected chi connectivity index (χ1v) is 14.3. The molecule has 2 atom stereocenters. The zero-order valence-electron chi connectivity index (χ0n) is 20.2. The zero-order valence-corrected chi connectivity index (χ0v) is 21.0. The van der Waals surface area contributed by atoms with Gasteiger partial charge in [0.2, 0.25) is 5.91 Å². The molecule has 4 aliphatic rings. The predicted molar refractivity (Wildman–Crippen MR) is 135 cm³/mol. The van der Waals surface area contributed by atoms with Crippen molar-refractivity contribution in [1.29, 1.82) is 0 Å². The minimum absolute atomic E-state index is 0.0626. The van der Waals surface area contributed by atoms with Crippen LogP contribution < -0.4 is 10.6 Å². The molecular formula is C27H39N3O3S. The van der Waals surface area contributed by atoms with Gasteiger partial charge in [0, 0.05) is 23.0 Å². The topological polar surface area (TPSA) is 81.7 Å². The van der Waals surface area contributed by atoms with Gasteiger partial charge in [0.1, 0.15) is 12.3 Å². The summed E-state index contributed by atoms with van der Waals surface area (Å²) < 4.78 is 0. The van der Waals surface area contributed by atoms with Crippen molar-refractivity contribution in [2.75, 3.05) is 12.3 Å². The lowest BCUT2D eigenvalue weighted by molar-refractivity contribution is -0.132. The summed E-state index contributed by atoms with van der Waals surface area (Å²) >= 11 is 1.84. The van der Waals surface area contributed by atoms with Gasteiger partial charge in [0.05, 0.1) is 0 Å². The Bertz CT molecular complexity index is 895. The van der Waals surface area contributed by atoms with Crippen LogP contribution in [0.3, 0.4) is 0 Å². The van der Waals surface area contributed by atoms with Crippen LogP contribution >= 0.6 is 11.8 Å². The molecule has 186 valence electrons. The van der Waals surface area contributed by atoms with Gasteiger partial charge in [0.25, 0.3) is 5.91 Å². The van der Waals surface area contributed by atoms with Gasteiger partial charge in [0.15, 0.2) is 0 Å². The number of nitrogens with zero attached hydrogens (tertiary/aromatic N) is 1. The van der Waals surface area contributed by atoms with E-state index in [1.54, 1.807) is 4.90 Å². The smallest absolute Gasteiger partial charge is 0.255 e. The summed E-state index contributed by atoms with van der Waals surface area (Å²) in [6.07, 6.45) is 13.8. The van der Waals surface area contributed by atoms with E-state index in [0.717, 1.165) is 28.3 Å². The van der Waals surface area contributed by atoms with Crippen molar-refractivity contribution in [3.8, 4) is 0 Å². The number of hydrogen-bond acceptors (Lipinski definition) is 5. The molecule has 2 aliphatic carbocycles. The fourth-order valence-electron chi connectivity index (χ4n) is 6.25. The van der Waals surface area contributed by atoms with Gasteiger partial charge >= 0.3 is 0 Å². The van der Waals surface area contributed by atoms with Crippen LogP contribution in [-0.2, 0) is 11.3 Å². The number of carbonyl (C=O) groups excluding carboxylic acids is 2. The van der Waals surface area contributed by atoms with Gasteiger partial charge in [-0.3, -0.25) is 9.59 Å². The highest BCUT2D eigenvalue weighted by molar-refractivity contribution is 7.99. The van der Waals surface area contributed by atoms with E-state index in [4.69, 9.17) is 0 Å². The van der Waals surface area contributed by atoms with Gasteiger partial charge in [-0.05, 0) is 86.8 Å². The molecule has 1 aromatic rings. The number of aliphatic hydroxyl groups is 1. The van der Waals surface area contributed by atoms with Crippen LogP contribution in [0.5, 0.6) is 0 Å². The predicted octanol–water partition coefficient (Wildman–Crippen LogP) is 4.20. The maximum absolute atomic E-state index is 13.0. The Morgan fingerprint density at radius 1 is 1.09 bits per heavy atom. The Kier molecular flexibility index (Phi) is 7.52. The number of piperidine rings is 1. The first-order valence-electron chi connectivity index (χ1n) is 13.3. The van der Waals surface area contributed by atoms with Crippen LogP contribution in [-0.4, -0.2) is 52.4 Å².